The second-order valence-corrected chi connectivity index (χ2v) is 11.4. The summed E-state index contributed by atoms with van der Waals surface area (Å²) in [5.41, 5.74) is 1.24. The summed E-state index contributed by atoms with van der Waals surface area (Å²) in [6.07, 6.45) is 0.481. The van der Waals surface area contributed by atoms with Gasteiger partial charge >= 0.3 is 23.9 Å². The lowest BCUT2D eigenvalue weighted by molar-refractivity contribution is 0.0468. The number of carbonyl (C=O) groups is 4. The first-order valence-corrected chi connectivity index (χ1v) is 16.2. The van der Waals surface area contributed by atoms with Crippen molar-refractivity contribution < 1.29 is 62.5 Å². The van der Waals surface area contributed by atoms with Gasteiger partial charge in [0.05, 0.1) is 54.1 Å². The molecule has 51 heavy (non-hydrogen) atoms. The number of carbonyl (C=O) groups excluding carboxylic acids is 2. The molecule has 3 unspecified atom stereocenters. The van der Waals surface area contributed by atoms with Crippen LogP contribution in [0.2, 0.25) is 0 Å². The van der Waals surface area contributed by atoms with Crippen molar-refractivity contribution in [3.8, 4) is 23.0 Å². The van der Waals surface area contributed by atoms with Crippen LogP contribution < -0.4 is 9.47 Å². The molecule has 3 saturated heterocycles. The number of carboxylic acid groups (broad SMARTS) is 2. The van der Waals surface area contributed by atoms with E-state index in [2.05, 4.69) is 0 Å². The fourth-order valence-electron chi connectivity index (χ4n) is 3.91. The molecule has 3 aliphatic rings. The Hall–Kier alpha value is -5.47. The maximum absolute atomic E-state index is 11.9. The van der Waals surface area contributed by atoms with E-state index in [9.17, 15) is 19.2 Å². The summed E-state index contributed by atoms with van der Waals surface area (Å²) in [6, 6.07) is 25.2. The molecule has 4 aromatic rings. The predicted molar refractivity (Wildman–Crippen MR) is 180 cm³/mol. The molecule has 13 nitrogen and oxygen atoms in total. The Morgan fingerprint density at radius 3 is 1.00 bits per heavy atom. The van der Waals surface area contributed by atoms with Gasteiger partial charge in [0.2, 0.25) is 0 Å². The minimum Gasteiger partial charge on any atom is -0.478 e. The molecule has 2 N–H and O–H groups in total. The van der Waals surface area contributed by atoms with Crippen molar-refractivity contribution in [1.82, 2.24) is 0 Å². The molecular weight excluding hydrogens is 688 g/mol. The number of benzene rings is 4. The Morgan fingerprint density at radius 1 is 0.510 bits per heavy atom. The van der Waals surface area contributed by atoms with Crippen molar-refractivity contribution in [3.63, 3.8) is 0 Å². The lowest BCUT2D eigenvalue weighted by atomic mass is 10.2. The molecule has 0 spiro atoms. The number of epoxide rings is 3. The van der Waals surface area contributed by atoms with Crippen LogP contribution in [0.1, 0.15) is 41.4 Å². The van der Waals surface area contributed by atoms with Gasteiger partial charge in [0, 0.05) is 0 Å². The number of carboxylic acids is 2. The van der Waals surface area contributed by atoms with Gasteiger partial charge in [-0.3, -0.25) is 0 Å². The SMILES string of the molecule is ClCC1CO1.O=C(O)c1ccc(Oc2ccc(C(=O)O)cc2)cc1.O=C(OCC1CO1)c1ccc(Oc2ccc(C(=O)OCC3CO3)cc2)cc1. The fourth-order valence-corrected chi connectivity index (χ4v) is 4.09. The lowest BCUT2D eigenvalue weighted by Crippen LogP contribution is -2.10. The number of hydrogen-bond donors (Lipinski definition) is 2. The van der Waals surface area contributed by atoms with Crippen molar-refractivity contribution in [2.45, 2.75) is 18.3 Å². The van der Waals surface area contributed by atoms with E-state index in [1.807, 2.05) is 0 Å². The maximum Gasteiger partial charge on any atom is 0.338 e. The van der Waals surface area contributed by atoms with Crippen LogP contribution in [0.5, 0.6) is 23.0 Å². The normalized spacial score (nSPS) is 17.5. The quantitative estimate of drug-likeness (QED) is 0.0920. The highest BCUT2D eigenvalue weighted by atomic mass is 35.5. The van der Waals surface area contributed by atoms with Crippen LogP contribution in [-0.2, 0) is 23.7 Å². The average molecular weight is 721 g/mol. The molecule has 0 amide bonds. The van der Waals surface area contributed by atoms with E-state index in [0.717, 1.165) is 6.61 Å². The summed E-state index contributed by atoms with van der Waals surface area (Å²) >= 11 is 5.27. The van der Waals surface area contributed by atoms with Crippen molar-refractivity contribution in [2.75, 3.05) is 38.9 Å². The van der Waals surface area contributed by atoms with E-state index in [4.69, 9.17) is 55.0 Å². The third-order valence-corrected chi connectivity index (χ3v) is 7.38. The van der Waals surface area contributed by atoms with Crippen LogP contribution in [0.15, 0.2) is 97.1 Å². The first-order chi connectivity index (χ1) is 24.7. The molecule has 0 aliphatic carbocycles. The first-order valence-electron chi connectivity index (χ1n) is 15.6. The average Bonchev–Trinajstić information content (AvgIpc) is 3.99. The number of alkyl halides is 1. The zero-order valence-electron chi connectivity index (χ0n) is 27.0. The van der Waals surface area contributed by atoms with Crippen LogP contribution in [0.3, 0.4) is 0 Å². The van der Waals surface area contributed by atoms with E-state index < -0.39 is 23.9 Å². The Morgan fingerprint density at radius 2 is 0.784 bits per heavy atom. The summed E-state index contributed by atoms with van der Waals surface area (Å²) in [6.45, 7) is 2.72. The molecule has 0 aromatic heterocycles. The molecule has 3 aliphatic heterocycles. The minimum atomic E-state index is -1.00. The van der Waals surface area contributed by atoms with Crippen LogP contribution in [0.4, 0.5) is 0 Å². The van der Waals surface area contributed by atoms with Crippen molar-refractivity contribution in [3.05, 3.63) is 119 Å². The molecule has 0 saturated carbocycles. The highest BCUT2D eigenvalue weighted by Crippen LogP contribution is 2.24. The van der Waals surface area contributed by atoms with Gasteiger partial charge in [-0.2, -0.15) is 0 Å². The van der Waals surface area contributed by atoms with Crippen LogP contribution in [-0.4, -0.2) is 91.3 Å². The molecule has 3 atom stereocenters. The summed E-state index contributed by atoms with van der Waals surface area (Å²) in [5, 5.41) is 17.5. The maximum atomic E-state index is 11.9. The monoisotopic (exact) mass is 720 g/mol. The topological polar surface area (TPSA) is 183 Å². The molecule has 7 rings (SSSR count). The van der Waals surface area contributed by atoms with Crippen molar-refractivity contribution in [1.29, 1.82) is 0 Å². The number of hydrogen-bond acceptors (Lipinski definition) is 11. The summed E-state index contributed by atoms with van der Waals surface area (Å²) in [7, 11) is 0. The summed E-state index contributed by atoms with van der Waals surface area (Å²) < 4.78 is 36.2. The lowest BCUT2D eigenvalue weighted by Gasteiger charge is -2.08. The van der Waals surface area contributed by atoms with E-state index in [1.165, 1.54) is 48.5 Å². The Kier molecular flexibility index (Phi) is 13.0. The van der Waals surface area contributed by atoms with E-state index in [0.29, 0.717) is 59.3 Å². The molecule has 0 bridgehead atoms. The van der Waals surface area contributed by atoms with Crippen molar-refractivity contribution >= 4 is 35.5 Å². The first kappa shape index (κ1) is 36.8. The fraction of sp³-hybridized carbons (Fsp3) is 0.243. The summed E-state index contributed by atoms with van der Waals surface area (Å²) in [4.78, 5) is 45.1. The Balaban J connectivity index is 0.000000182. The number of rotatable bonds is 13. The van der Waals surface area contributed by atoms with Gasteiger partial charge in [0.15, 0.2) is 0 Å². The van der Waals surface area contributed by atoms with Crippen LogP contribution in [0.25, 0.3) is 0 Å². The van der Waals surface area contributed by atoms with E-state index in [1.54, 1.807) is 48.5 Å². The zero-order chi connectivity index (χ0) is 36.2. The van der Waals surface area contributed by atoms with Gasteiger partial charge in [-0.25, -0.2) is 19.2 Å². The largest absolute Gasteiger partial charge is 0.478 e. The molecule has 0 radical (unpaired) electrons. The molecular formula is C37H33ClO13. The number of halogens is 1. The van der Waals surface area contributed by atoms with Gasteiger partial charge in [-0.1, -0.05) is 0 Å². The highest BCUT2D eigenvalue weighted by Gasteiger charge is 2.25. The smallest absolute Gasteiger partial charge is 0.338 e. The number of esters is 2. The molecule has 14 heteroatoms. The van der Waals surface area contributed by atoms with Gasteiger partial charge < -0.3 is 43.4 Å². The zero-order valence-corrected chi connectivity index (χ0v) is 27.7. The number of aromatic carboxylic acids is 2. The molecule has 4 aromatic carbocycles. The molecule has 266 valence electrons. The third-order valence-electron chi connectivity index (χ3n) is 7.03. The van der Waals surface area contributed by atoms with E-state index >= 15 is 0 Å². The van der Waals surface area contributed by atoms with Gasteiger partial charge in [-0.05, 0) is 97.1 Å². The highest BCUT2D eigenvalue weighted by molar-refractivity contribution is 6.18. The second-order valence-electron chi connectivity index (χ2n) is 11.1. The second kappa shape index (κ2) is 18.0. The standard InChI is InChI=1S/C20H18O7.C14H10O5.C3H5ClO/c21-19(25-11-17-9-23-17)13-1-5-15(6-2-13)27-16-7-3-14(4-8-16)20(22)26-12-18-10-24-18;15-13(16)9-1-5-11(6-2-9)19-12-7-3-10(4-8-12)14(17)18;4-1-3-2-5-3/h1-8,17-18H,9-12H2;1-8H,(H,15,16)(H,17,18);3H,1-2H2. The molecule has 3 fully saturated rings. The molecule has 3 heterocycles. The minimum absolute atomic E-state index is 0.0406. The van der Waals surface area contributed by atoms with Gasteiger partial charge in [0.25, 0.3) is 0 Å². The predicted octanol–water partition coefficient (Wildman–Crippen LogP) is 6.09. The Labute approximate surface area is 297 Å². The van der Waals surface area contributed by atoms with E-state index in [-0.39, 0.29) is 36.5 Å². The van der Waals surface area contributed by atoms with Crippen LogP contribution >= 0.6 is 11.6 Å². The summed E-state index contributed by atoms with van der Waals surface area (Å²) in [5.74, 6) is -0.0273. The Bertz CT molecular complexity index is 1640. The van der Waals surface area contributed by atoms with Crippen molar-refractivity contribution in [2.24, 2.45) is 0 Å². The van der Waals surface area contributed by atoms with Crippen LogP contribution in [0, 0.1) is 0 Å². The third kappa shape index (κ3) is 12.7. The van der Waals surface area contributed by atoms with Gasteiger partial charge in [0.1, 0.15) is 48.4 Å². The van der Waals surface area contributed by atoms with Gasteiger partial charge in [-0.15, -0.1) is 11.6 Å². The number of ether oxygens (including phenoxy) is 7.